The molecule has 1 unspecified atom stereocenters. The van der Waals surface area contributed by atoms with Crippen molar-refractivity contribution in [1.82, 2.24) is 15.5 Å². The Hall–Kier alpha value is -1.49. The summed E-state index contributed by atoms with van der Waals surface area (Å²) in [7, 11) is 0. The van der Waals surface area contributed by atoms with Crippen molar-refractivity contribution in [1.29, 1.82) is 0 Å². The van der Waals surface area contributed by atoms with Crippen molar-refractivity contribution in [2.45, 2.75) is 46.1 Å². The van der Waals surface area contributed by atoms with Gasteiger partial charge in [-0.3, -0.25) is 4.79 Å². The van der Waals surface area contributed by atoms with E-state index in [4.69, 9.17) is 5.73 Å². The molecule has 0 aliphatic rings. The quantitative estimate of drug-likeness (QED) is 0.795. The lowest BCUT2D eigenvalue weighted by atomic mass is 10.1. The molecular weight excluding hydrogens is 228 g/mol. The number of carbonyl (C=O) groups excluding carboxylic acids is 1. The van der Waals surface area contributed by atoms with E-state index in [1.807, 2.05) is 20.8 Å². The minimum absolute atomic E-state index is 0.0747. The predicted molar refractivity (Wildman–Crippen MR) is 71.4 cm³/mol. The molecule has 1 rings (SSSR count). The average Bonchev–Trinajstić information content (AvgIpc) is 2.36. The van der Waals surface area contributed by atoms with Gasteiger partial charge in [-0.2, -0.15) is 10.2 Å². The molecule has 5 nitrogen and oxygen atoms in total. The van der Waals surface area contributed by atoms with Crippen LogP contribution in [0.25, 0.3) is 0 Å². The molecule has 0 aliphatic heterocycles. The number of nitrogens with two attached hydrogens (primary N) is 1. The summed E-state index contributed by atoms with van der Waals surface area (Å²) in [6.45, 7) is 6.44. The van der Waals surface area contributed by atoms with Gasteiger partial charge < -0.3 is 11.1 Å². The van der Waals surface area contributed by atoms with E-state index in [0.717, 1.165) is 24.2 Å². The van der Waals surface area contributed by atoms with Crippen LogP contribution in [0.4, 0.5) is 0 Å². The summed E-state index contributed by atoms with van der Waals surface area (Å²) in [4.78, 5) is 12.1. The summed E-state index contributed by atoms with van der Waals surface area (Å²) < 4.78 is 0. The van der Waals surface area contributed by atoms with E-state index >= 15 is 0 Å². The third kappa shape index (κ3) is 4.07. The Labute approximate surface area is 108 Å². The van der Waals surface area contributed by atoms with Crippen LogP contribution < -0.4 is 11.1 Å². The number of hydrogen-bond donors (Lipinski definition) is 2. The molecule has 0 fully saturated rings. The van der Waals surface area contributed by atoms with E-state index in [-0.39, 0.29) is 11.9 Å². The molecule has 1 aromatic heterocycles. The maximum atomic E-state index is 12.1. The zero-order valence-corrected chi connectivity index (χ0v) is 11.4. The summed E-state index contributed by atoms with van der Waals surface area (Å²) in [5, 5.41) is 11.0. The summed E-state index contributed by atoms with van der Waals surface area (Å²) >= 11 is 0. The standard InChI is InChI=1S/C13H22N4O/c1-4-12-11(8-10(3)16-17-12)13(18)15-9(2)6-5-7-14/h8-9H,4-7,14H2,1-3H3,(H,15,18). The fraction of sp³-hybridized carbons (Fsp3) is 0.615. The zero-order valence-electron chi connectivity index (χ0n) is 11.4. The Bertz CT molecular complexity index is 406. The molecule has 1 atom stereocenters. The first-order chi connectivity index (χ1) is 8.58. The van der Waals surface area contributed by atoms with Gasteiger partial charge in [-0.05, 0) is 45.7 Å². The molecule has 0 saturated carbocycles. The fourth-order valence-corrected chi connectivity index (χ4v) is 1.77. The molecule has 0 aliphatic carbocycles. The largest absolute Gasteiger partial charge is 0.350 e. The number of hydrogen-bond acceptors (Lipinski definition) is 4. The van der Waals surface area contributed by atoms with Gasteiger partial charge in [-0.25, -0.2) is 0 Å². The zero-order chi connectivity index (χ0) is 13.5. The SMILES string of the molecule is CCc1nnc(C)cc1C(=O)NC(C)CCCN. The summed E-state index contributed by atoms with van der Waals surface area (Å²) in [5.74, 6) is -0.0747. The van der Waals surface area contributed by atoms with Gasteiger partial charge in [-0.1, -0.05) is 6.92 Å². The van der Waals surface area contributed by atoms with E-state index in [1.54, 1.807) is 6.07 Å². The van der Waals surface area contributed by atoms with Crippen molar-refractivity contribution in [2.75, 3.05) is 6.54 Å². The Kier molecular flexibility index (Phi) is 5.71. The molecule has 5 heteroatoms. The van der Waals surface area contributed by atoms with Gasteiger partial charge in [0.25, 0.3) is 5.91 Å². The second-order valence-corrected chi connectivity index (χ2v) is 4.51. The summed E-state index contributed by atoms with van der Waals surface area (Å²) in [5.41, 5.74) is 7.58. The molecule has 0 spiro atoms. The minimum Gasteiger partial charge on any atom is -0.350 e. The predicted octanol–water partition coefficient (Wildman–Crippen LogP) is 1.20. The first-order valence-corrected chi connectivity index (χ1v) is 6.42. The Balaban J connectivity index is 2.74. The number of rotatable bonds is 6. The topological polar surface area (TPSA) is 80.9 Å². The highest BCUT2D eigenvalue weighted by Crippen LogP contribution is 2.08. The highest BCUT2D eigenvalue weighted by atomic mass is 16.1. The smallest absolute Gasteiger partial charge is 0.253 e. The van der Waals surface area contributed by atoms with Crippen molar-refractivity contribution in [2.24, 2.45) is 5.73 Å². The summed E-state index contributed by atoms with van der Waals surface area (Å²) in [6, 6.07) is 1.91. The van der Waals surface area contributed by atoms with E-state index in [0.29, 0.717) is 18.5 Å². The van der Waals surface area contributed by atoms with Crippen LogP contribution in [0.15, 0.2) is 6.07 Å². The van der Waals surface area contributed by atoms with E-state index < -0.39 is 0 Å². The first-order valence-electron chi connectivity index (χ1n) is 6.42. The highest BCUT2D eigenvalue weighted by Gasteiger charge is 2.14. The Morgan fingerprint density at radius 3 is 2.83 bits per heavy atom. The molecule has 1 amide bonds. The highest BCUT2D eigenvalue weighted by molar-refractivity contribution is 5.95. The van der Waals surface area contributed by atoms with Crippen LogP contribution >= 0.6 is 0 Å². The molecule has 18 heavy (non-hydrogen) atoms. The molecule has 100 valence electrons. The first kappa shape index (κ1) is 14.6. The van der Waals surface area contributed by atoms with Crippen molar-refractivity contribution in [3.05, 3.63) is 23.0 Å². The van der Waals surface area contributed by atoms with Crippen molar-refractivity contribution < 1.29 is 4.79 Å². The van der Waals surface area contributed by atoms with Crippen LogP contribution in [0.3, 0.4) is 0 Å². The number of amides is 1. The molecule has 1 aromatic rings. The van der Waals surface area contributed by atoms with Gasteiger partial charge >= 0.3 is 0 Å². The van der Waals surface area contributed by atoms with Crippen LogP contribution in [-0.4, -0.2) is 28.7 Å². The second-order valence-electron chi connectivity index (χ2n) is 4.51. The lowest BCUT2D eigenvalue weighted by Crippen LogP contribution is -2.33. The molecule has 0 radical (unpaired) electrons. The fourth-order valence-electron chi connectivity index (χ4n) is 1.77. The number of nitrogens with zero attached hydrogens (tertiary/aromatic N) is 2. The van der Waals surface area contributed by atoms with Crippen LogP contribution in [0.2, 0.25) is 0 Å². The van der Waals surface area contributed by atoms with Crippen molar-refractivity contribution >= 4 is 5.91 Å². The van der Waals surface area contributed by atoms with Gasteiger partial charge in [0.15, 0.2) is 0 Å². The van der Waals surface area contributed by atoms with E-state index in [1.165, 1.54) is 0 Å². The molecular formula is C13H22N4O. The lowest BCUT2D eigenvalue weighted by molar-refractivity contribution is 0.0936. The van der Waals surface area contributed by atoms with Gasteiger partial charge in [0.1, 0.15) is 0 Å². The number of carbonyl (C=O) groups is 1. The number of aromatic nitrogens is 2. The van der Waals surface area contributed by atoms with Crippen LogP contribution in [0.1, 0.15) is 48.4 Å². The molecule has 0 saturated heterocycles. The normalized spacial score (nSPS) is 12.2. The van der Waals surface area contributed by atoms with Crippen molar-refractivity contribution in [3.63, 3.8) is 0 Å². The van der Waals surface area contributed by atoms with Gasteiger partial charge in [0.05, 0.1) is 17.0 Å². The third-order valence-electron chi connectivity index (χ3n) is 2.79. The average molecular weight is 250 g/mol. The third-order valence-corrected chi connectivity index (χ3v) is 2.79. The van der Waals surface area contributed by atoms with Crippen molar-refractivity contribution in [3.8, 4) is 0 Å². The van der Waals surface area contributed by atoms with Crippen LogP contribution in [-0.2, 0) is 6.42 Å². The second kappa shape index (κ2) is 7.06. The maximum absolute atomic E-state index is 12.1. The molecule has 1 heterocycles. The molecule has 0 bridgehead atoms. The monoisotopic (exact) mass is 250 g/mol. The number of nitrogens with one attached hydrogen (secondary N) is 1. The summed E-state index contributed by atoms with van der Waals surface area (Å²) in [6.07, 6.45) is 2.50. The van der Waals surface area contributed by atoms with Gasteiger partial charge in [-0.15, -0.1) is 0 Å². The number of aryl methyl sites for hydroxylation is 2. The van der Waals surface area contributed by atoms with E-state index in [9.17, 15) is 4.79 Å². The Morgan fingerprint density at radius 1 is 1.50 bits per heavy atom. The molecule has 3 N–H and O–H groups in total. The van der Waals surface area contributed by atoms with Gasteiger partial charge in [0.2, 0.25) is 0 Å². The lowest BCUT2D eigenvalue weighted by Gasteiger charge is -2.14. The van der Waals surface area contributed by atoms with Crippen LogP contribution in [0, 0.1) is 6.92 Å². The molecule has 0 aromatic carbocycles. The maximum Gasteiger partial charge on any atom is 0.253 e. The van der Waals surface area contributed by atoms with Gasteiger partial charge in [0, 0.05) is 6.04 Å². The van der Waals surface area contributed by atoms with E-state index in [2.05, 4.69) is 15.5 Å². The Morgan fingerprint density at radius 2 is 2.22 bits per heavy atom. The minimum atomic E-state index is -0.0747. The van der Waals surface area contributed by atoms with Crippen LogP contribution in [0.5, 0.6) is 0 Å².